The van der Waals surface area contributed by atoms with Crippen LogP contribution in [0.4, 0.5) is 5.69 Å². The van der Waals surface area contributed by atoms with Crippen molar-refractivity contribution in [3.63, 3.8) is 0 Å². The van der Waals surface area contributed by atoms with Crippen LogP contribution in [0.2, 0.25) is 0 Å². The van der Waals surface area contributed by atoms with Gasteiger partial charge in [0.1, 0.15) is 11.3 Å². The second kappa shape index (κ2) is 7.88. The molecule has 0 aliphatic rings. The Morgan fingerprint density at radius 3 is 2.62 bits per heavy atom. The molecule has 0 saturated carbocycles. The van der Waals surface area contributed by atoms with Crippen molar-refractivity contribution in [2.75, 3.05) is 7.11 Å². The Kier molecular flexibility index (Phi) is 5.29. The van der Waals surface area contributed by atoms with Crippen molar-refractivity contribution in [3.8, 4) is 28.7 Å². The lowest BCUT2D eigenvalue weighted by Gasteiger charge is -2.09. The molecular formula is C21H14Br2N2O4. The van der Waals surface area contributed by atoms with Gasteiger partial charge < -0.3 is 19.4 Å². The van der Waals surface area contributed by atoms with E-state index in [1.165, 1.54) is 7.11 Å². The fourth-order valence-electron chi connectivity index (χ4n) is 2.77. The molecule has 29 heavy (non-hydrogen) atoms. The first-order valence-electron chi connectivity index (χ1n) is 8.46. The largest absolute Gasteiger partial charge is 0.507 e. The number of ether oxygens (including phenoxy) is 1. The molecule has 1 aromatic heterocycles. The first-order valence-corrected chi connectivity index (χ1v) is 10.0. The van der Waals surface area contributed by atoms with E-state index in [2.05, 4.69) is 41.8 Å². The number of para-hydroxylation sites is 2. The molecule has 146 valence electrons. The highest BCUT2D eigenvalue weighted by Crippen LogP contribution is 2.41. The van der Waals surface area contributed by atoms with Gasteiger partial charge in [-0.3, -0.25) is 4.99 Å². The van der Waals surface area contributed by atoms with Gasteiger partial charge in [-0.1, -0.05) is 12.1 Å². The van der Waals surface area contributed by atoms with E-state index in [1.54, 1.807) is 30.5 Å². The molecular weight excluding hydrogens is 504 g/mol. The van der Waals surface area contributed by atoms with Gasteiger partial charge in [-0.15, -0.1) is 0 Å². The van der Waals surface area contributed by atoms with E-state index in [1.807, 2.05) is 24.3 Å². The third-order valence-corrected chi connectivity index (χ3v) is 6.41. The number of fused-ring (bicyclic) bond motifs is 1. The number of hydrogen-bond acceptors (Lipinski definition) is 6. The van der Waals surface area contributed by atoms with Crippen LogP contribution in [0.1, 0.15) is 5.56 Å². The van der Waals surface area contributed by atoms with Gasteiger partial charge in [-0.05, 0) is 68.3 Å². The highest BCUT2D eigenvalue weighted by molar-refractivity contribution is 9.13. The van der Waals surface area contributed by atoms with Gasteiger partial charge in [0.2, 0.25) is 5.89 Å². The second-order valence-corrected chi connectivity index (χ2v) is 7.68. The zero-order chi connectivity index (χ0) is 20.5. The van der Waals surface area contributed by atoms with Crippen LogP contribution in [0.25, 0.3) is 22.6 Å². The monoisotopic (exact) mass is 516 g/mol. The van der Waals surface area contributed by atoms with Crippen molar-refractivity contribution in [1.82, 2.24) is 4.98 Å². The Morgan fingerprint density at radius 1 is 1.07 bits per heavy atom. The van der Waals surface area contributed by atoms with Gasteiger partial charge in [0.05, 0.1) is 22.8 Å². The molecule has 0 bridgehead atoms. The number of aromatic nitrogens is 1. The van der Waals surface area contributed by atoms with Gasteiger partial charge in [-0.2, -0.15) is 0 Å². The molecule has 4 rings (SSSR count). The minimum absolute atomic E-state index is 0.000551. The first-order chi connectivity index (χ1) is 14.0. The number of phenols is 2. The Balaban J connectivity index is 1.72. The Morgan fingerprint density at radius 2 is 1.86 bits per heavy atom. The summed E-state index contributed by atoms with van der Waals surface area (Å²) < 4.78 is 12.0. The van der Waals surface area contributed by atoms with E-state index < -0.39 is 0 Å². The zero-order valence-corrected chi connectivity index (χ0v) is 18.2. The Hall–Kier alpha value is -2.84. The molecule has 0 radical (unpaired) electrons. The average molecular weight is 518 g/mol. The number of aliphatic imine (C=N–C) groups is 1. The molecule has 3 aromatic carbocycles. The van der Waals surface area contributed by atoms with Crippen LogP contribution >= 0.6 is 31.9 Å². The highest BCUT2D eigenvalue weighted by atomic mass is 79.9. The molecule has 0 spiro atoms. The molecule has 6 nitrogen and oxygen atoms in total. The van der Waals surface area contributed by atoms with E-state index >= 15 is 0 Å². The lowest BCUT2D eigenvalue weighted by molar-refractivity contribution is 0.371. The number of nitrogens with zero attached hydrogens (tertiary/aromatic N) is 2. The summed E-state index contributed by atoms with van der Waals surface area (Å²) >= 11 is 6.76. The number of methoxy groups -OCH3 is 1. The van der Waals surface area contributed by atoms with Gasteiger partial charge >= 0.3 is 0 Å². The lowest BCUT2D eigenvalue weighted by Crippen LogP contribution is -1.91. The van der Waals surface area contributed by atoms with Gasteiger partial charge in [0, 0.05) is 16.3 Å². The van der Waals surface area contributed by atoms with Crippen LogP contribution in [0.5, 0.6) is 17.2 Å². The minimum Gasteiger partial charge on any atom is -0.507 e. The maximum absolute atomic E-state index is 10.3. The standard InChI is InChI=1S/C21H14Br2N2O4/c1-28-17-8-11(18(22)19(23)20(17)27)10-24-12-6-7-15(26)13(9-12)21-25-14-4-2-3-5-16(14)29-21/h2-10,26-27H,1H3. The molecule has 0 amide bonds. The summed E-state index contributed by atoms with van der Waals surface area (Å²) in [5.41, 5.74) is 3.08. The van der Waals surface area contributed by atoms with Crippen LogP contribution in [0, 0.1) is 0 Å². The van der Waals surface area contributed by atoms with Crippen molar-refractivity contribution in [3.05, 3.63) is 63.0 Å². The molecule has 0 unspecified atom stereocenters. The van der Waals surface area contributed by atoms with E-state index in [4.69, 9.17) is 9.15 Å². The van der Waals surface area contributed by atoms with Crippen LogP contribution in [-0.2, 0) is 0 Å². The molecule has 0 atom stereocenters. The topological polar surface area (TPSA) is 88.1 Å². The Labute approximate surface area is 182 Å². The molecule has 0 aliphatic carbocycles. The number of benzene rings is 3. The van der Waals surface area contributed by atoms with Gasteiger partial charge in [0.15, 0.2) is 17.1 Å². The summed E-state index contributed by atoms with van der Waals surface area (Å²) in [6, 6.07) is 14.0. The number of phenolic OH excluding ortho intramolecular Hbond substituents is 2. The van der Waals surface area contributed by atoms with Crippen molar-refractivity contribution in [1.29, 1.82) is 0 Å². The van der Waals surface area contributed by atoms with Crippen molar-refractivity contribution in [2.45, 2.75) is 0 Å². The molecule has 0 aliphatic heterocycles. The van der Waals surface area contributed by atoms with Crippen molar-refractivity contribution >= 4 is 54.9 Å². The zero-order valence-electron chi connectivity index (χ0n) is 15.1. The van der Waals surface area contributed by atoms with E-state index in [9.17, 15) is 10.2 Å². The van der Waals surface area contributed by atoms with Crippen LogP contribution < -0.4 is 4.74 Å². The summed E-state index contributed by atoms with van der Waals surface area (Å²) in [6.07, 6.45) is 1.62. The molecule has 0 saturated heterocycles. The molecule has 2 N–H and O–H groups in total. The van der Waals surface area contributed by atoms with Crippen LogP contribution in [0.15, 0.2) is 66.9 Å². The van der Waals surface area contributed by atoms with Crippen molar-refractivity contribution in [2.24, 2.45) is 4.99 Å². The summed E-state index contributed by atoms with van der Waals surface area (Å²) in [5, 5.41) is 20.3. The highest BCUT2D eigenvalue weighted by Gasteiger charge is 2.15. The van der Waals surface area contributed by atoms with E-state index in [-0.39, 0.29) is 11.5 Å². The number of rotatable bonds is 4. The molecule has 0 fully saturated rings. The summed E-state index contributed by atoms with van der Waals surface area (Å²) in [4.78, 5) is 8.90. The fourth-order valence-corrected chi connectivity index (χ4v) is 3.60. The van der Waals surface area contributed by atoms with Gasteiger partial charge in [0.25, 0.3) is 0 Å². The number of oxazole rings is 1. The fraction of sp³-hybridized carbons (Fsp3) is 0.0476. The second-order valence-electron chi connectivity index (χ2n) is 6.09. The summed E-state index contributed by atoms with van der Waals surface area (Å²) in [7, 11) is 1.48. The normalized spacial score (nSPS) is 11.4. The third-order valence-electron chi connectivity index (χ3n) is 4.25. The predicted molar refractivity (Wildman–Crippen MR) is 118 cm³/mol. The van der Waals surface area contributed by atoms with Crippen LogP contribution in [0.3, 0.4) is 0 Å². The third kappa shape index (κ3) is 3.73. The quantitative estimate of drug-likeness (QED) is 0.315. The minimum atomic E-state index is -0.000551. The molecule has 4 aromatic rings. The lowest BCUT2D eigenvalue weighted by atomic mass is 10.1. The van der Waals surface area contributed by atoms with E-state index in [0.29, 0.717) is 48.5 Å². The van der Waals surface area contributed by atoms with Crippen LogP contribution in [-0.4, -0.2) is 28.5 Å². The SMILES string of the molecule is COc1cc(C=Nc2ccc(O)c(-c3nc4ccccc4o3)c2)c(Br)c(Br)c1O. The molecule has 1 heterocycles. The summed E-state index contributed by atoms with van der Waals surface area (Å²) in [5.74, 6) is 0.681. The van der Waals surface area contributed by atoms with Crippen molar-refractivity contribution < 1.29 is 19.4 Å². The van der Waals surface area contributed by atoms with E-state index in [0.717, 1.165) is 0 Å². The maximum atomic E-state index is 10.3. The average Bonchev–Trinajstić information content (AvgIpc) is 3.16. The number of aromatic hydroxyl groups is 2. The Bertz CT molecular complexity index is 1220. The van der Waals surface area contributed by atoms with Gasteiger partial charge in [-0.25, -0.2) is 4.98 Å². The maximum Gasteiger partial charge on any atom is 0.231 e. The smallest absolute Gasteiger partial charge is 0.231 e. The predicted octanol–water partition coefficient (Wildman–Crippen LogP) is 6.19. The number of hydrogen-bond donors (Lipinski definition) is 2. The summed E-state index contributed by atoms with van der Waals surface area (Å²) in [6.45, 7) is 0. The first kappa shape index (κ1) is 19.5. The molecule has 8 heteroatoms. The number of halogens is 2.